The van der Waals surface area contributed by atoms with Crippen molar-refractivity contribution in [3.05, 3.63) is 78.1 Å². The Morgan fingerprint density at radius 1 is 1.09 bits per heavy atom. The van der Waals surface area contributed by atoms with E-state index in [1.807, 2.05) is 51.1 Å². The maximum Gasteiger partial charge on any atom is 0.165 e. The molecule has 172 valence electrons. The molecule has 3 aromatic rings. The average molecular weight is 461 g/mol. The second kappa shape index (κ2) is 10.8. The van der Waals surface area contributed by atoms with Crippen LogP contribution >= 0.6 is 11.6 Å². The Labute approximate surface area is 193 Å². The van der Waals surface area contributed by atoms with E-state index < -0.39 is 11.5 Å². The molecule has 3 rings (SSSR count). The molecule has 0 amide bonds. The van der Waals surface area contributed by atoms with E-state index in [0.29, 0.717) is 24.8 Å². The van der Waals surface area contributed by atoms with Gasteiger partial charge >= 0.3 is 0 Å². The van der Waals surface area contributed by atoms with Gasteiger partial charge in [-0.25, -0.2) is 9.37 Å². The lowest BCUT2D eigenvalue weighted by Gasteiger charge is -2.27. The molecule has 1 N–H and O–H groups in total. The first kappa shape index (κ1) is 24.1. The number of benzene rings is 2. The third-order valence-corrected chi connectivity index (χ3v) is 5.97. The number of rotatable bonds is 11. The molecule has 5 nitrogen and oxygen atoms in total. The number of aromatic nitrogens is 2. The third-order valence-electron chi connectivity index (χ3n) is 5.44. The van der Waals surface area contributed by atoms with Crippen LogP contribution in [-0.4, -0.2) is 39.9 Å². The van der Waals surface area contributed by atoms with Crippen molar-refractivity contribution in [2.75, 3.05) is 19.1 Å². The number of aliphatic hydroxyl groups is 1. The van der Waals surface area contributed by atoms with Crippen LogP contribution in [0, 0.1) is 11.7 Å². The molecule has 2 unspecified atom stereocenters. The molecule has 0 saturated heterocycles. The van der Waals surface area contributed by atoms with Crippen LogP contribution in [0.3, 0.4) is 0 Å². The number of aliphatic hydroxyl groups excluding tert-OH is 1. The molecule has 32 heavy (non-hydrogen) atoms. The maximum atomic E-state index is 14.6. The first-order valence-corrected chi connectivity index (χ1v) is 11.2. The van der Waals surface area contributed by atoms with Crippen molar-refractivity contribution < 1.29 is 19.0 Å². The van der Waals surface area contributed by atoms with Gasteiger partial charge in [-0.1, -0.05) is 39.0 Å². The number of ether oxygens (including phenoxy) is 2. The zero-order valence-electron chi connectivity index (χ0n) is 18.7. The van der Waals surface area contributed by atoms with Gasteiger partial charge in [-0.3, -0.25) is 0 Å². The molecular weight excluding hydrogens is 431 g/mol. The molecular formula is C25H30ClFN2O3. The van der Waals surface area contributed by atoms with Gasteiger partial charge in [0.2, 0.25) is 0 Å². The summed E-state index contributed by atoms with van der Waals surface area (Å²) >= 11 is 5.79. The molecule has 7 heteroatoms. The lowest BCUT2D eigenvalue weighted by Crippen LogP contribution is -2.23. The maximum absolute atomic E-state index is 14.6. The molecule has 0 spiro atoms. The largest absolute Gasteiger partial charge is 0.491 e. The van der Waals surface area contributed by atoms with Gasteiger partial charge in [-0.15, -0.1) is 11.6 Å². The highest BCUT2D eigenvalue weighted by Crippen LogP contribution is 2.34. The number of nitrogens with zero attached hydrogens (tertiary/aromatic N) is 2. The van der Waals surface area contributed by atoms with Crippen molar-refractivity contribution in [3.63, 3.8) is 0 Å². The standard InChI is InChI=1S/C25H30ClFN2O3/c1-18(13-26)15-32-24-9-6-20(12-23(24)27)25(2,3)19-4-7-22(8-5-19)31-16-21(30)14-29-11-10-28-17-29/h4-12,17-18,21,30H,13-16H2,1-3H3. The molecule has 2 aromatic carbocycles. The Bertz CT molecular complexity index is 977. The van der Waals surface area contributed by atoms with Gasteiger partial charge in [0.15, 0.2) is 11.6 Å². The summed E-state index contributed by atoms with van der Waals surface area (Å²) in [5, 5.41) is 10.1. The molecule has 0 aliphatic rings. The predicted molar refractivity (Wildman–Crippen MR) is 124 cm³/mol. The van der Waals surface area contributed by atoms with Gasteiger partial charge in [0.1, 0.15) is 18.5 Å². The molecule has 0 radical (unpaired) electrons. The van der Waals surface area contributed by atoms with E-state index in [1.165, 1.54) is 6.07 Å². The van der Waals surface area contributed by atoms with E-state index in [4.69, 9.17) is 21.1 Å². The van der Waals surface area contributed by atoms with Gasteiger partial charge < -0.3 is 19.1 Å². The van der Waals surface area contributed by atoms with Crippen LogP contribution in [0.1, 0.15) is 31.9 Å². The van der Waals surface area contributed by atoms with Crippen LogP contribution in [0.5, 0.6) is 11.5 Å². The highest BCUT2D eigenvalue weighted by atomic mass is 35.5. The summed E-state index contributed by atoms with van der Waals surface area (Å²) in [5.74, 6) is 1.14. The Balaban J connectivity index is 1.62. The summed E-state index contributed by atoms with van der Waals surface area (Å²) in [6, 6.07) is 12.7. The lowest BCUT2D eigenvalue weighted by atomic mass is 9.78. The summed E-state index contributed by atoms with van der Waals surface area (Å²) in [5.41, 5.74) is 1.45. The van der Waals surface area contributed by atoms with Crippen LogP contribution in [0.25, 0.3) is 0 Å². The number of halogens is 2. The minimum absolute atomic E-state index is 0.153. The van der Waals surface area contributed by atoms with Gasteiger partial charge in [-0.2, -0.15) is 0 Å². The van der Waals surface area contributed by atoms with Crippen LogP contribution in [0.2, 0.25) is 0 Å². The quantitative estimate of drug-likeness (QED) is 0.407. The van der Waals surface area contributed by atoms with E-state index >= 15 is 0 Å². The fraction of sp³-hybridized carbons (Fsp3) is 0.400. The van der Waals surface area contributed by atoms with Gasteiger partial charge in [-0.05, 0) is 35.4 Å². The Morgan fingerprint density at radius 3 is 2.44 bits per heavy atom. The second-order valence-electron chi connectivity index (χ2n) is 8.59. The molecule has 0 bridgehead atoms. The summed E-state index contributed by atoms with van der Waals surface area (Å²) in [4.78, 5) is 3.96. The Morgan fingerprint density at radius 2 is 1.81 bits per heavy atom. The minimum atomic E-state index is -0.642. The molecule has 0 fully saturated rings. The van der Waals surface area contributed by atoms with Crippen LogP contribution in [0.15, 0.2) is 61.2 Å². The van der Waals surface area contributed by atoms with E-state index in [2.05, 4.69) is 4.98 Å². The average Bonchev–Trinajstić information content (AvgIpc) is 3.29. The summed E-state index contributed by atoms with van der Waals surface area (Å²) < 4.78 is 27.7. The molecule has 1 aromatic heterocycles. The SMILES string of the molecule is CC(CCl)COc1ccc(C(C)(C)c2ccc(OCC(O)Cn3ccnc3)cc2)cc1F. The summed E-state index contributed by atoms with van der Waals surface area (Å²) in [7, 11) is 0. The van der Waals surface area contributed by atoms with E-state index in [1.54, 1.807) is 29.4 Å². The normalized spacial score (nSPS) is 13.6. The van der Waals surface area contributed by atoms with Crippen molar-refractivity contribution >= 4 is 11.6 Å². The molecule has 0 aliphatic carbocycles. The summed E-state index contributed by atoms with van der Waals surface area (Å²) in [6.07, 6.45) is 4.48. The van der Waals surface area contributed by atoms with E-state index in [9.17, 15) is 9.50 Å². The first-order chi connectivity index (χ1) is 15.3. The number of hydrogen-bond donors (Lipinski definition) is 1. The summed E-state index contributed by atoms with van der Waals surface area (Å²) in [6.45, 7) is 7.01. The third kappa shape index (κ3) is 6.24. The number of hydrogen-bond acceptors (Lipinski definition) is 4. The van der Waals surface area contributed by atoms with E-state index in [0.717, 1.165) is 11.1 Å². The Kier molecular flexibility index (Phi) is 8.15. The van der Waals surface area contributed by atoms with Crippen molar-refractivity contribution in [1.82, 2.24) is 9.55 Å². The zero-order chi connectivity index (χ0) is 23.1. The zero-order valence-corrected chi connectivity index (χ0v) is 19.4. The topological polar surface area (TPSA) is 56.5 Å². The number of imidazole rings is 1. The van der Waals surface area contributed by atoms with Crippen LogP contribution in [-0.2, 0) is 12.0 Å². The van der Waals surface area contributed by atoms with Crippen molar-refractivity contribution in [1.29, 1.82) is 0 Å². The fourth-order valence-corrected chi connectivity index (χ4v) is 3.39. The Hall–Kier alpha value is -2.57. The van der Waals surface area contributed by atoms with Gasteiger partial charge in [0.25, 0.3) is 0 Å². The van der Waals surface area contributed by atoms with Crippen LogP contribution < -0.4 is 9.47 Å². The number of alkyl halides is 1. The lowest BCUT2D eigenvalue weighted by molar-refractivity contribution is 0.0924. The highest BCUT2D eigenvalue weighted by molar-refractivity contribution is 6.18. The smallest absolute Gasteiger partial charge is 0.165 e. The van der Waals surface area contributed by atoms with Crippen LogP contribution in [0.4, 0.5) is 4.39 Å². The minimum Gasteiger partial charge on any atom is -0.491 e. The monoisotopic (exact) mass is 460 g/mol. The van der Waals surface area contributed by atoms with Gasteiger partial charge in [0, 0.05) is 29.6 Å². The van der Waals surface area contributed by atoms with Crippen molar-refractivity contribution in [2.45, 2.75) is 38.8 Å². The van der Waals surface area contributed by atoms with E-state index in [-0.39, 0.29) is 24.1 Å². The van der Waals surface area contributed by atoms with Gasteiger partial charge in [0.05, 0.1) is 19.5 Å². The fourth-order valence-electron chi connectivity index (χ4n) is 3.30. The molecule has 0 aliphatic heterocycles. The first-order valence-electron chi connectivity index (χ1n) is 10.7. The van der Waals surface area contributed by atoms with Crippen molar-refractivity contribution in [3.8, 4) is 11.5 Å². The highest BCUT2D eigenvalue weighted by Gasteiger charge is 2.24. The molecule has 1 heterocycles. The predicted octanol–water partition coefficient (Wildman–Crippen LogP) is 5.04. The van der Waals surface area contributed by atoms with Crippen molar-refractivity contribution in [2.24, 2.45) is 5.92 Å². The molecule has 2 atom stereocenters. The second-order valence-corrected chi connectivity index (χ2v) is 8.90. The molecule has 0 saturated carbocycles.